The van der Waals surface area contributed by atoms with E-state index in [2.05, 4.69) is 19.9 Å². The minimum Gasteiger partial charge on any atom is -0.345 e. The topological polar surface area (TPSA) is 145 Å². The lowest BCUT2D eigenvalue weighted by Crippen LogP contribution is -2.39. The van der Waals surface area contributed by atoms with E-state index >= 15 is 0 Å². The van der Waals surface area contributed by atoms with Crippen LogP contribution in [0.3, 0.4) is 0 Å². The van der Waals surface area contributed by atoms with E-state index in [1.165, 1.54) is 37.6 Å². The highest BCUT2D eigenvalue weighted by Gasteiger charge is 2.30. The van der Waals surface area contributed by atoms with Crippen LogP contribution in [0, 0.1) is 13.8 Å². The summed E-state index contributed by atoms with van der Waals surface area (Å²) in [5.74, 6) is -1.03. The molecule has 0 aliphatic heterocycles. The van der Waals surface area contributed by atoms with E-state index in [0.29, 0.717) is 5.39 Å². The fourth-order valence-electron chi connectivity index (χ4n) is 4.23. The molecule has 5 rings (SSSR count). The fraction of sp³-hybridized carbons (Fsp3) is 0.240. The summed E-state index contributed by atoms with van der Waals surface area (Å²) in [5.41, 5.74) is 1.31. The van der Waals surface area contributed by atoms with Gasteiger partial charge >= 0.3 is 11.9 Å². The van der Waals surface area contributed by atoms with E-state index in [1.807, 2.05) is 6.92 Å². The van der Waals surface area contributed by atoms with Crippen molar-refractivity contribution in [2.24, 2.45) is 0 Å². The smallest absolute Gasteiger partial charge is 0.345 e. The molecule has 5 aromatic rings. The van der Waals surface area contributed by atoms with E-state index in [1.54, 1.807) is 30.4 Å². The molecule has 4 heterocycles. The maximum atomic E-state index is 13.6. The van der Waals surface area contributed by atoms with Crippen molar-refractivity contribution in [3.8, 4) is 11.4 Å². The van der Waals surface area contributed by atoms with Crippen LogP contribution in [0.15, 0.2) is 58.6 Å². The van der Waals surface area contributed by atoms with Gasteiger partial charge in [0, 0.05) is 23.3 Å². The monoisotopic (exact) mass is 573 g/mol. The predicted octanol–water partition coefficient (Wildman–Crippen LogP) is 3.23. The van der Waals surface area contributed by atoms with Crippen LogP contribution in [0.5, 0.6) is 0 Å². The molecule has 1 aromatic carbocycles. The lowest BCUT2D eigenvalue weighted by atomic mass is 10.1. The van der Waals surface area contributed by atoms with Gasteiger partial charge in [-0.15, -0.1) is 0 Å². The Morgan fingerprint density at radius 2 is 1.77 bits per heavy atom. The quantitative estimate of drug-likeness (QED) is 0.317. The van der Waals surface area contributed by atoms with Crippen LogP contribution in [-0.4, -0.2) is 55.5 Å². The summed E-state index contributed by atoms with van der Waals surface area (Å²) in [6.45, 7) is 3.31. The number of carbonyl (C=O) groups is 1. The SMILES string of the molecule is Cc1ccc(S(=O)(=O)n2cc(-c3ncc4[nH]c(=O)n(C(C)C(=O)NCC(F)(F)F)c4n3)c3cc(C)cnc32)cc1. The fourth-order valence-corrected chi connectivity index (χ4v) is 5.55. The second-order valence-corrected chi connectivity index (χ2v) is 11.1. The number of nitrogens with one attached hydrogen (secondary N) is 2. The van der Waals surface area contributed by atoms with Gasteiger partial charge in [-0.2, -0.15) is 13.2 Å². The van der Waals surface area contributed by atoms with Gasteiger partial charge in [0.1, 0.15) is 18.1 Å². The van der Waals surface area contributed by atoms with Crippen LogP contribution in [0.1, 0.15) is 24.1 Å². The van der Waals surface area contributed by atoms with E-state index in [4.69, 9.17) is 0 Å². The molecule has 0 fully saturated rings. The molecule has 11 nitrogen and oxygen atoms in total. The number of fused-ring (bicyclic) bond motifs is 2. The van der Waals surface area contributed by atoms with Gasteiger partial charge in [0.2, 0.25) is 5.91 Å². The van der Waals surface area contributed by atoms with Gasteiger partial charge in [-0.05, 0) is 44.5 Å². The summed E-state index contributed by atoms with van der Waals surface area (Å²) in [7, 11) is -4.08. The molecule has 40 heavy (non-hydrogen) atoms. The number of hydrogen-bond donors (Lipinski definition) is 2. The molecule has 0 saturated heterocycles. The molecule has 0 saturated carbocycles. The van der Waals surface area contributed by atoms with Crippen molar-refractivity contribution in [1.29, 1.82) is 0 Å². The molecule has 15 heteroatoms. The Morgan fingerprint density at radius 3 is 2.45 bits per heavy atom. The standard InChI is InChI=1S/C25H22F3N7O4S/c1-13-4-6-16(7-5-13)40(38,39)34-11-18(17-8-14(2)9-30-21(17)34)20-29-10-19-22(33-20)35(24(37)32-19)15(3)23(36)31-12-25(26,27)28/h4-11,15H,12H2,1-3H3,(H,31,36)(H,32,37). The molecule has 1 unspecified atom stereocenters. The zero-order chi connectivity index (χ0) is 29.0. The number of alkyl halides is 3. The van der Waals surface area contributed by atoms with Gasteiger partial charge in [0.15, 0.2) is 17.1 Å². The summed E-state index contributed by atoms with van der Waals surface area (Å²) < 4.78 is 66.9. The molecule has 0 bridgehead atoms. The highest BCUT2D eigenvalue weighted by Crippen LogP contribution is 2.31. The van der Waals surface area contributed by atoms with Crippen molar-refractivity contribution in [2.45, 2.75) is 37.9 Å². The van der Waals surface area contributed by atoms with Crippen LogP contribution < -0.4 is 11.0 Å². The molecular formula is C25H22F3N7O4S. The Morgan fingerprint density at radius 1 is 1.07 bits per heavy atom. The van der Waals surface area contributed by atoms with Gasteiger partial charge in [0.25, 0.3) is 10.0 Å². The lowest BCUT2D eigenvalue weighted by Gasteiger charge is -2.14. The van der Waals surface area contributed by atoms with E-state index in [9.17, 15) is 31.2 Å². The number of amides is 1. The third-order valence-corrected chi connectivity index (χ3v) is 7.92. The van der Waals surface area contributed by atoms with Crippen LogP contribution >= 0.6 is 0 Å². The largest absolute Gasteiger partial charge is 0.405 e. The maximum Gasteiger partial charge on any atom is 0.405 e. The van der Waals surface area contributed by atoms with Crippen LogP contribution in [0.2, 0.25) is 0 Å². The first-order valence-electron chi connectivity index (χ1n) is 11.9. The number of hydrogen-bond acceptors (Lipinski definition) is 7. The lowest BCUT2D eigenvalue weighted by molar-refractivity contribution is -0.140. The van der Waals surface area contributed by atoms with Gasteiger partial charge in [-0.25, -0.2) is 32.1 Å². The number of imidazole rings is 1. The number of H-pyrrole nitrogens is 1. The highest BCUT2D eigenvalue weighted by molar-refractivity contribution is 7.90. The Balaban J connectivity index is 1.65. The average molecular weight is 574 g/mol. The molecule has 1 atom stereocenters. The first-order valence-corrected chi connectivity index (χ1v) is 13.3. The first kappa shape index (κ1) is 27.1. The van der Waals surface area contributed by atoms with Gasteiger partial charge < -0.3 is 10.3 Å². The minimum atomic E-state index is -4.63. The molecule has 0 spiro atoms. The molecule has 0 radical (unpaired) electrons. The Kier molecular flexibility index (Phi) is 6.48. The number of benzene rings is 1. The number of rotatable bonds is 6. The van der Waals surface area contributed by atoms with Crippen LogP contribution in [-0.2, 0) is 14.8 Å². The summed E-state index contributed by atoms with van der Waals surface area (Å²) in [4.78, 5) is 40.6. The molecule has 2 N–H and O–H groups in total. The maximum absolute atomic E-state index is 13.6. The number of halogens is 3. The third kappa shape index (κ3) is 4.83. The number of carbonyl (C=O) groups excluding carboxylic acids is 1. The number of aromatic nitrogens is 6. The zero-order valence-electron chi connectivity index (χ0n) is 21.3. The summed E-state index contributed by atoms with van der Waals surface area (Å²) in [5, 5.41) is 2.17. The normalized spacial score (nSPS) is 13.2. The highest BCUT2D eigenvalue weighted by atomic mass is 32.2. The number of aryl methyl sites for hydroxylation is 2. The molecule has 4 aromatic heterocycles. The Hall–Kier alpha value is -4.53. The molecule has 0 aliphatic rings. The predicted molar refractivity (Wildman–Crippen MR) is 139 cm³/mol. The van der Waals surface area contributed by atoms with Crippen LogP contribution in [0.25, 0.3) is 33.6 Å². The summed E-state index contributed by atoms with van der Waals surface area (Å²) in [6, 6.07) is 6.67. The molecular weight excluding hydrogens is 551 g/mol. The molecule has 0 aliphatic carbocycles. The third-order valence-electron chi connectivity index (χ3n) is 6.25. The van der Waals surface area contributed by atoms with Gasteiger partial charge in [-0.1, -0.05) is 17.7 Å². The van der Waals surface area contributed by atoms with Crippen molar-refractivity contribution in [1.82, 2.24) is 33.8 Å². The average Bonchev–Trinajstić information content (AvgIpc) is 3.43. The summed E-state index contributed by atoms with van der Waals surface area (Å²) in [6.07, 6.45) is -0.517. The van der Waals surface area contributed by atoms with Crippen molar-refractivity contribution in [3.63, 3.8) is 0 Å². The second-order valence-electron chi connectivity index (χ2n) is 9.28. The van der Waals surface area contributed by atoms with Crippen molar-refractivity contribution in [3.05, 3.63) is 70.5 Å². The van der Waals surface area contributed by atoms with Gasteiger partial charge in [-0.3, -0.25) is 9.36 Å². The zero-order valence-corrected chi connectivity index (χ0v) is 22.1. The van der Waals surface area contributed by atoms with E-state index in [-0.39, 0.29) is 33.1 Å². The van der Waals surface area contributed by atoms with Crippen molar-refractivity contribution >= 4 is 38.1 Å². The number of aromatic amines is 1. The Bertz CT molecular complexity index is 1940. The second kappa shape index (κ2) is 9.59. The molecule has 208 valence electrons. The first-order chi connectivity index (χ1) is 18.8. The van der Waals surface area contributed by atoms with Crippen molar-refractivity contribution < 1.29 is 26.4 Å². The van der Waals surface area contributed by atoms with E-state index < -0.39 is 40.4 Å². The number of nitrogens with zero attached hydrogens (tertiary/aromatic N) is 5. The van der Waals surface area contributed by atoms with Crippen LogP contribution in [0.4, 0.5) is 13.2 Å². The van der Waals surface area contributed by atoms with E-state index in [0.717, 1.165) is 19.7 Å². The Labute approximate surface area is 224 Å². The molecule has 1 amide bonds. The summed E-state index contributed by atoms with van der Waals surface area (Å²) >= 11 is 0. The van der Waals surface area contributed by atoms with Crippen molar-refractivity contribution in [2.75, 3.05) is 6.54 Å². The number of pyridine rings is 1. The van der Waals surface area contributed by atoms with Gasteiger partial charge in [0.05, 0.1) is 11.1 Å². The minimum absolute atomic E-state index is 0.0124.